The molecule has 0 aromatic carbocycles. The largest absolute Gasteiger partial charge is 0.463 e. The molecule has 0 atom stereocenters. The molecule has 1 aliphatic rings. The van der Waals surface area contributed by atoms with Gasteiger partial charge in [-0.25, -0.2) is 5.01 Å². The summed E-state index contributed by atoms with van der Waals surface area (Å²) in [5.41, 5.74) is 3.14. The van der Waals surface area contributed by atoms with Crippen LogP contribution < -0.4 is 10.2 Å². The van der Waals surface area contributed by atoms with Crippen molar-refractivity contribution in [2.75, 3.05) is 45.3 Å². The number of hydrogen-bond donors (Lipinski definition) is 1. The highest BCUT2D eigenvalue weighted by molar-refractivity contribution is 6.28. The van der Waals surface area contributed by atoms with Crippen molar-refractivity contribution >= 4 is 17.5 Å². The van der Waals surface area contributed by atoms with Gasteiger partial charge < -0.3 is 9.64 Å². The van der Waals surface area contributed by atoms with E-state index >= 15 is 0 Å². The van der Waals surface area contributed by atoms with E-state index in [1.165, 1.54) is 0 Å². The third kappa shape index (κ3) is 4.45. The van der Waals surface area contributed by atoms with E-state index < -0.39 is 0 Å². The highest BCUT2D eigenvalue weighted by Crippen LogP contribution is 2.12. The molecule has 8 heteroatoms. The minimum Gasteiger partial charge on any atom is -0.463 e. The van der Waals surface area contributed by atoms with Gasteiger partial charge >= 0.3 is 6.01 Å². The molecule has 2 rings (SSSR count). The summed E-state index contributed by atoms with van der Waals surface area (Å²) in [5.74, 6) is 0.427. The fourth-order valence-electron chi connectivity index (χ4n) is 1.70. The summed E-state index contributed by atoms with van der Waals surface area (Å²) in [7, 11) is 2.10. The van der Waals surface area contributed by atoms with Crippen molar-refractivity contribution in [1.29, 1.82) is 0 Å². The average Bonchev–Trinajstić information content (AvgIpc) is 2.38. The van der Waals surface area contributed by atoms with Crippen LogP contribution in [0.4, 0.5) is 5.95 Å². The topological polar surface area (TPSA) is 66.4 Å². The van der Waals surface area contributed by atoms with Crippen LogP contribution in [-0.4, -0.2) is 64.7 Å². The first-order chi connectivity index (χ1) is 9.17. The van der Waals surface area contributed by atoms with E-state index in [1.807, 2.05) is 6.92 Å². The fourth-order valence-corrected chi connectivity index (χ4v) is 1.85. The molecule has 0 bridgehead atoms. The first-order valence-electron chi connectivity index (χ1n) is 6.42. The van der Waals surface area contributed by atoms with Gasteiger partial charge in [0.25, 0.3) is 0 Å². The monoisotopic (exact) mass is 286 g/mol. The quantitative estimate of drug-likeness (QED) is 0.862. The maximum absolute atomic E-state index is 5.86. The van der Waals surface area contributed by atoms with Crippen LogP contribution >= 0.6 is 11.6 Å². The van der Waals surface area contributed by atoms with E-state index in [0.29, 0.717) is 12.6 Å². The Bertz CT molecular complexity index is 410. The predicted octanol–water partition coefficient (Wildman–Crippen LogP) is 0.888. The zero-order valence-corrected chi connectivity index (χ0v) is 12.0. The number of halogens is 1. The lowest BCUT2D eigenvalue weighted by Gasteiger charge is -2.32. The minimum absolute atomic E-state index is 0.137. The van der Waals surface area contributed by atoms with Crippen molar-refractivity contribution in [3.8, 4) is 6.01 Å². The summed E-state index contributed by atoms with van der Waals surface area (Å²) in [6.07, 6.45) is 0.893. The van der Waals surface area contributed by atoms with Crippen LogP contribution in [0.1, 0.15) is 13.3 Å². The van der Waals surface area contributed by atoms with Gasteiger partial charge in [0.2, 0.25) is 11.2 Å². The Labute approximate surface area is 117 Å². The second-order valence-corrected chi connectivity index (χ2v) is 4.80. The number of nitrogens with one attached hydrogen (secondary N) is 1. The first kappa shape index (κ1) is 14.2. The van der Waals surface area contributed by atoms with Gasteiger partial charge in [-0.15, -0.1) is 0 Å². The fraction of sp³-hybridized carbons (Fsp3) is 0.727. The molecule has 0 amide bonds. The van der Waals surface area contributed by atoms with Gasteiger partial charge in [0.15, 0.2) is 0 Å². The molecule has 1 aromatic heterocycles. The molecule has 0 radical (unpaired) electrons. The summed E-state index contributed by atoms with van der Waals surface area (Å²) < 4.78 is 5.37. The molecule has 0 saturated carbocycles. The lowest BCUT2D eigenvalue weighted by atomic mass is 10.4. The van der Waals surface area contributed by atoms with Crippen molar-refractivity contribution in [3.63, 3.8) is 0 Å². The van der Waals surface area contributed by atoms with Gasteiger partial charge in [-0.1, -0.05) is 6.92 Å². The molecule has 1 aliphatic heterocycles. The smallest absolute Gasteiger partial charge is 0.322 e. The van der Waals surface area contributed by atoms with Gasteiger partial charge in [-0.05, 0) is 25.1 Å². The predicted molar refractivity (Wildman–Crippen MR) is 73.3 cm³/mol. The van der Waals surface area contributed by atoms with Crippen molar-refractivity contribution < 1.29 is 4.74 Å². The molecule has 1 aromatic rings. The Morgan fingerprint density at radius 1 is 1.21 bits per heavy atom. The van der Waals surface area contributed by atoms with Gasteiger partial charge in [0.1, 0.15) is 0 Å². The number of likely N-dealkylation sites (N-methyl/N-ethyl adjacent to an activating group) is 1. The number of piperazine rings is 1. The van der Waals surface area contributed by atoms with Gasteiger partial charge in [-0.3, -0.25) is 5.43 Å². The van der Waals surface area contributed by atoms with Crippen molar-refractivity contribution in [2.24, 2.45) is 0 Å². The van der Waals surface area contributed by atoms with Crippen LogP contribution in [0.5, 0.6) is 6.01 Å². The number of anilines is 1. The Balaban J connectivity index is 1.97. The van der Waals surface area contributed by atoms with E-state index in [-0.39, 0.29) is 11.3 Å². The van der Waals surface area contributed by atoms with E-state index in [0.717, 1.165) is 32.6 Å². The maximum atomic E-state index is 5.86. The molecule has 0 unspecified atom stereocenters. The lowest BCUT2D eigenvalue weighted by Crippen LogP contribution is -2.47. The zero-order chi connectivity index (χ0) is 13.7. The molecule has 0 aliphatic carbocycles. The number of rotatable bonds is 5. The molecule has 1 N–H and O–H groups in total. The lowest BCUT2D eigenvalue weighted by molar-refractivity contribution is 0.177. The zero-order valence-electron chi connectivity index (χ0n) is 11.3. The summed E-state index contributed by atoms with van der Waals surface area (Å²) in [4.78, 5) is 14.4. The van der Waals surface area contributed by atoms with Gasteiger partial charge in [-0.2, -0.15) is 15.0 Å². The average molecular weight is 287 g/mol. The number of hydrogen-bond acceptors (Lipinski definition) is 7. The van der Waals surface area contributed by atoms with Gasteiger partial charge in [0, 0.05) is 26.2 Å². The van der Waals surface area contributed by atoms with Crippen LogP contribution in [0, 0.1) is 0 Å². The molecule has 2 heterocycles. The van der Waals surface area contributed by atoms with Crippen LogP contribution in [0.2, 0.25) is 5.28 Å². The Morgan fingerprint density at radius 3 is 2.63 bits per heavy atom. The Kier molecular flexibility index (Phi) is 5.12. The van der Waals surface area contributed by atoms with Crippen molar-refractivity contribution in [3.05, 3.63) is 5.28 Å². The second-order valence-electron chi connectivity index (χ2n) is 4.46. The molecule has 19 heavy (non-hydrogen) atoms. The summed E-state index contributed by atoms with van der Waals surface area (Å²) in [5, 5.41) is 2.20. The molecule has 7 nitrogen and oxygen atoms in total. The van der Waals surface area contributed by atoms with Crippen LogP contribution in [0.3, 0.4) is 0 Å². The number of aromatic nitrogens is 3. The van der Waals surface area contributed by atoms with E-state index in [2.05, 4.69) is 37.3 Å². The highest BCUT2D eigenvalue weighted by atomic mass is 35.5. The van der Waals surface area contributed by atoms with E-state index in [4.69, 9.17) is 16.3 Å². The van der Waals surface area contributed by atoms with Crippen molar-refractivity contribution in [1.82, 2.24) is 24.9 Å². The third-order valence-corrected chi connectivity index (χ3v) is 2.95. The van der Waals surface area contributed by atoms with E-state index in [9.17, 15) is 0 Å². The number of hydrazine groups is 1. The second kappa shape index (κ2) is 6.83. The van der Waals surface area contributed by atoms with Crippen LogP contribution in [0.15, 0.2) is 0 Å². The molecule has 0 spiro atoms. The molecular formula is C11H19ClN6O. The maximum Gasteiger partial charge on any atom is 0.322 e. The third-order valence-electron chi connectivity index (χ3n) is 2.78. The Morgan fingerprint density at radius 2 is 1.95 bits per heavy atom. The normalized spacial score (nSPS) is 17.4. The van der Waals surface area contributed by atoms with Gasteiger partial charge in [0.05, 0.1) is 6.61 Å². The summed E-state index contributed by atoms with van der Waals surface area (Å²) in [6, 6.07) is 0.262. The molecular weight excluding hydrogens is 268 g/mol. The summed E-state index contributed by atoms with van der Waals surface area (Å²) >= 11 is 5.86. The first-order valence-corrected chi connectivity index (χ1v) is 6.79. The van der Waals surface area contributed by atoms with Crippen LogP contribution in [0.25, 0.3) is 0 Å². The SMILES string of the molecule is CCCOc1nc(Cl)nc(NN2CCN(C)CC2)n1. The highest BCUT2D eigenvalue weighted by Gasteiger charge is 2.15. The molecule has 1 saturated heterocycles. The number of ether oxygens (including phenoxy) is 1. The molecule has 1 fully saturated rings. The van der Waals surface area contributed by atoms with E-state index in [1.54, 1.807) is 0 Å². The minimum atomic E-state index is 0.137. The van der Waals surface area contributed by atoms with Crippen LogP contribution in [-0.2, 0) is 0 Å². The number of nitrogens with zero attached hydrogens (tertiary/aromatic N) is 5. The Hall–Kier alpha value is -1.18. The van der Waals surface area contributed by atoms with Crippen molar-refractivity contribution in [2.45, 2.75) is 13.3 Å². The summed E-state index contributed by atoms with van der Waals surface area (Å²) in [6.45, 7) is 6.41. The molecule has 106 valence electrons. The standard InChI is InChI=1S/C11H19ClN6O/c1-3-8-19-11-14-9(12)13-10(15-11)16-18-6-4-17(2)5-7-18/h3-8H2,1-2H3,(H,13,14,15,16).